The molecule has 2 aromatic carbocycles. The molecule has 1 heterocycles. The molecule has 1 aliphatic rings. The van der Waals surface area contributed by atoms with Gasteiger partial charge >= 0.3 is 0 Å². The Morgan fingerprint density at radius 2 is 1.65 bits per heavy atom. The number of benzene rings is 2. The molecule has 1 atom stereocenters. The molecule has 26 heavy (non-hydrogen) atoms. The minimum absolute atomic E-state index is 0.0113. The summed E-state index contributed by atoms with van der Waals surface area (Å²) in [5.41, 5.74) is 3.22. The Bertz CT molecular complexity index is 691. The van der Waals surface area contributed by atoms with Crippen molar-refractivity contribution in [2.75, 3.05) is 39.8 Å². The second-order valence-electron chi connectivity index (χ2n) is 7.26. The van der Waals surface area contributed by atoms with Gasteiger partial charge in [0.05, 0.1) is 0 Å². The van der Waals surface area contributed by atoms with Gasteiger partial charge in [-0.1, -0.05) is 48.0 Å². The lowest BCUT2D eigenvalue weighted by molar-refractivity contribution is 0.0886. The molecule has 4 heteroatoms. The van der Waals surface area contributed by atoms with E-state index >= 15 is 0 Å². The maximum Gasteiger partial charge on any atom is 0.251 e. The highest BCUT2D eigenvalue weighted by Crippen LogP contribution is 2.12. The first-order valence-corrected chi connectivity index (χ1v) is 9.43. The fourth-order valence-corrected chi connectivity index (χ4v) is 3.42. The van der Waals surface area contributed by atoms with Gasteiger partial charge in [-0.25, -0.2) is 0 Å². The van der Waals surface area contributed by atoms with Crippen LogP contribution in [0.5, 0.6) is 0 Å². The van der Waals surface area contributed by atoms with Gasteiger partial charge in [0.1, 0.15) is 0 Å². The van der Waals surface area contributed by atoms with Gasteiger partial charge in [0.2, 0.25) is 0 Å². The average Bonchev–Trinajstić information content (AvgIpc) is 2.67. The SMILES string of the molecule is Cc1ccc(C(=O)NCC(Cc2ccccc2)N2CCN(C)CC2)cc1. The van der Waals surface area contributed by atoms with Crippen LogP contribution in [0, 0.1) is 6.92 Å². The highest BCUT2D eigenvalue weighted by Gasteiger charge is 2.23. The maximum atomic E-state index is 12.5. The number of carbonyl (C=O) groups is 1. The molecule has 1 fully saturated rings. The summed E-state index contributed by atoms with van der Waals surface area (Å²) in [6, 6.07) is 18.6. The molecule has 1 unspecified atom stereocenters. The molecule has 1 aliphatic heterocycles. The van der Waals surface area contributed by atoms with Crippen LogP contribution < -0.4 is 5.32 Å². The van der Waals surface area contributed by atoms with Crippen molar-refractivity contribution in [3.05, 3.63) is 71.3 Å². The third kappa shape index (κ3) is 5.16. The summed E-state index contributed by atoms with van der Waals surface area (Å²) in [5.74, 6) is 0.0113. The minimum Gasteiger partial charge on any atom is -0.350 e. The number of piperazine rings is 1. The van der Waals surface area contributed by atoms with Crippen molar-refractivity contribution in [3.8, 4) is 0 Å². The highest BCUT2D eigenvalue weighted by atomic mass is 16.1. The molecule has 0 spiro atoms. The molecule has 1 saturated heterocycles. The Balaban J connectivity index is 1.64. The van der Waals surface area contributed by atoms with E-state index < -0.39 is 0 Å². The summed E-state index contributed by atoms with van der Waals surface area (Å²) < 4.78 is 0. The lowest BCUT2D eigenvalue weighted by atomic mass is 10.0. The van der Waals surface area contributed by atoms with Gasteiger partial charge in [-0.15, -0.1) is 0 Å². The topological polar surface area (TPSA) is 35.6 Å². The second-order valence-corrected chi connectivity index (χ2v) is 7.26. The lowest BCUT2D eigenvalue weighted by Crippen LogP contribution is -2.53. The van der Waals surface area contributed by atoms with E-state index in [2.05, 4.69) is 46.4 Å². The van der Waals surface area contributed by atoms with Crippen LogP contribution in [-0.2, 0) is 6.42 Å². The Kier molecular flexibility index (Phi) is 6.42. The molecule has 138 valence electrons. The fourth-order valence-electron chi connectivity index (χ4n) is 3.42. The van der Waals surface area contributed by atoms with Gasteiger partial charge in [0.25, 0.3) is 5.91 Å². The highest BCUT2D eigenvalue weighted by molar-refractivity contribution is 5.94. The van der Waals surface area contributed by atoms with Crippen LogP contribution in [0.4, 0.5) is 0 Å². The first kappa shape index (κ1) is 18.6. The molecular weight excluding hydrogens is 322 g/mol. The second kappa shape index (κ2) is 8.97. The summed E-state index contributed by atoms with van der Waals surface area (Å²) >= 11 is 0. The molecule has 3 rings (SSSR count). The zero-order valence-electron chi connectivity index (χ0n) is 15.8. The van der Waals surface area contributed by atoms with Crippen molar-refractivity contribution < 1.29 is 4.79 Å². The Hall–Kier alpha value is -2.17. The molecule has 0 bridgehead atoms. The number of hydrogen-bond acceptors (Lipinski definition) is 3. The largest absolute Gasteiger partial charge is 0.350 e. The van der Waals surface area contributed by atoms with E-state index in [1.54, 1.807) is 0 Å². The van der Waals surface area contributed by atoms with E-state index in [0.717, 1.165) is 38.2 Å². The van der Waals surface area contributed by atoms with Crippen molar-refractivity contribution in [3.63, 3.8) is 0 Å². The Labute approximate surface area is 156 Å². The number of aryl methyl sites for hydroxylation is 1. The summed E-state index contributed by atoms with van der Waals surface area (Å²) in [6.45, 7) is 6.97. The van der Waals surface area contributed by atoms with Gasteiger partial charge in [-0.3, -0.25) is 9.69 Å². The number of likely N-dealkylation sites (N-methyl/N-ethyl adjacent to an activating group) is 1. The number of nitrogens with one attached hydrogen (secondary N) is 1. The third-order valence-electron chi connectivity index (χ3n) is 5.18. The predicted molar refractivity (Wildman–Crippen MR) is 107 cm³/mol. The van der Waals surface area contributed by atoms with Crippen LogP contribution in [0.2, 0.25) is 0 Å². The first-order chi connectivity index (χ1) is 12.6. The zero-order valence-corrected chi connectivity index (χ0v) is 15.8. The molecule has 4 nitrogen and oxygen atoms in total. The standard InChI is InChI=1S/C22H29N3O/c1-18-8-10-20(11-9-18)22(26)23-17-21(16-19-6-4-3-5-7-19)25-14-12-24(2)13-15-25/h3-11,21H,12-17H2,1-2H3,(H,23,26). The Morgan fingerprint density at radius 1 is 1.00 bits per heavy atom. The normalized spacial score (nSPS) is 17.0. The molecule has 0 saturated carbocycles. The van der Waals surface area contributed by atoms with E-state index in [1.807, 2.05) is 37.3 Å². The summed E-state index contributed by atoms with van der Waals surface area (Å²) in [6.07, 6.45) is 0.957. The number of hydrogen-bond donors (Lipinski definition) is 1. The fraction of sp³-hybridized carbons (Fsp3) is 0.409. The van der Waals surface area contributed by atoms with Crippen molar-refractivity contribution in [2.24, 2.45) is 0 Å². The lowest BCUT2D eigenvalue weighted by Gasteiger charge is -2.38. The van der Waals surface area contributed by atoms with Crippen LogP contribution in [0.15, 0.2) is 54.6 Å². The maximum absolute atomic E-state index is 12.5. The van der Waals surface area contributed by atoms with Crippen LogP contribution in [0.3, 0.4) is 0 Å². The number of nitrogens with zero attached hydrogens (tertiary/aromatic N) is 2. The van der Waals surface area contributed by atoms with Crippen molar-refractivity contribution >= 4 is 5.91 Å². The van der Waals surface area contributed by atoms with E-state index in [-0.39, 0.29) is 5.91 Å². The first-order valence-electron chi connectivity index (χ1n) is 9.43. The van der Waals surface area contributed by atoms with Gasteiger partial charge in [-0.05, 0) is 38.1 Å². The van der Waals surface area contributed by atoms with Crippen LogP contribution >= 0.6 is 0 Å². The predicted octanol–water partition coefficient (Wildman–Crippen LogP) is 2.58. The molecular formula is C22H29N3O. The molecule has 0 aromatic heterocycles. The van der Waals surface area contributed by atoms with Gasteiger partial charge < -0.3 is 10.2 Å². The molecule has 0 radical (unpaired) electrons. The quantitative estimate of drug-likeness (QED) is 0.869. The van der Waals surface area contributed by atoms with E-state index in [4.69, 9.17) is 0 Å². The Morgan fingerprint density at radius 3 is 2.31 bits per heavy atom. The number of carbonyl (C=O) groups excluding carboxylic acids is 1. The van der Waals surface area contributed by atoms with Crippen LogP contribution in [0.25, 0.3) is 0 Å². The smallest absolute Gasteiger partial charge is 0.251 e. The van der Waals surface area contributed by atoms with Crippen molar-refractivity contribution in [1.82, 2.24) is 15.1 Å². The van der Waals surface area contributed by atoms with Gasteiger partial charge in [-0.2, -0.15) is 0 Å². The monoisotopic (exact) mass is 351 g/mol. The third-order valence-corrected chi connectivity index (χ3v) is 5.18. The van der Waals surface area contributed by atoms with Crippen molar-refractivity contribution in [2.45, 2.75) is 19.4 Å². The number of amides is 1. The summed E-state index contributed by atoms with van der Waals surface area (Å²) in [5, 5.41) is 3.15. The summed E-state index contributed by atoms with van der Waals surface area (Å²) in [7, 11) is 2.17. The minimum atomic E-state index is 0.0113. The molecule has 2 aromatic rings. The van der Waals surface area contributed by atoms with Gasteiger partial charge in [0, 0.05) is 44.3 Å². The van der Waals surface area contributed by atoms with E-state index in [1.165, 1.54) is 11.1 Å². The molecule has 1 amide bonds. The molecule has 0 aliphatic carbocycles. The van der Waals surface area contributed by atoms with E-state index in [9.17, 15) is 4.79 Å². The van der Waals surface area contributed by atoms with Crippen LogP contribution in [0.1, 0.15) is 21.5 Å². The zero-order chi connectivity index (χ0) is 18.4. The number of rotatable bonds is 6. The van der Waals surface area contributed by atoms with Crippen molar-refractivity contribution in [1.29, 1.82) is 0 Å². The van der Waals surface area contributed by atoms with Gasteiger partial charge in [0.15, 0.2) is 0 Å². The summed E-state index contributed by atoms with van der Waals surface area (Å²) in [4.78, 5) is 17.4. The average molecular weight is 351 g/mol. The van der Waals surface area contributed by atoms with E-state index in [0.29, 0.717) is 12.6 Å². The van der Waals surface area contributed by atoms with Crippen LogP contribution in [-0.4, -0.2) is 61.5 Å². The molecule has 1 N–H and O–H groups in total.